The molecule has 0 spiro atoms. The van der Waals surface area contributed by atoms with Crippen LogP contribution in [0.2, 0.25) is 0 Å². The predicted molar refractivity (Wildman–Crippen MR) is 133 cm³/mol. The molecule has 35 heavy (non-hydrogen) atoms. The molecule has 0 radical (unpaired) electrons. The van der Waals surface area contributed by atoms with Crippen LogP contribution in [0.5, 0.6) is 5.88 Å². The third-order valence-corrected chi connectivity index (χ3v) is 6.81. The van der Waals surface area contributed by atoms with Crippen molar-refractivity contribution < 1.29 is 9.53 Å². The third kappa shape index (κ3) is 4.22. The largest absolute Gasteiger partial charge is 0.481 e. The van der Waals surface area contributed by atoms with Gasteiger partial charge in [0, 0.05) is 38.2 Å². The summed E-state index contributed by atoms with van der Waals surface area (Å²) in [5.74, 6) is 1.64. The number of methoxy groups -OCH3 is 1. The Hall–Kier alpha value is -3.88. The van der Waals surface area contributed by atoms with E-state index in [-0.39, 0.29) is 17.5 Å². The minimum absolute atomic E-state index is 0.00235. The maximum absolute atomic E-state index is 13.2. The Morgan fingerprint density at radius 3 is 2.51 bits per heavy atom. The van der Waals surface area contributed by atoms with Crippen molar-refractivity contribution in [1.82, 2.24) is 29.0 Å². The topological polar surface area (TPSA) is 87.2 Å². The number of carbonyl (C=O) groups excluding carboxylic acids is 1. The number of hydrogen-bond donors (Lipinski definition) is 0. The molecule has 2 aromatic carbocycles. The molecule has 1 amide bonds. The number of carbonyl (C=O) groups is 1. The Balaban J connectivity index is 1.30. The van der Waals surface area contributed by atoms with Crippen molar-refractivity contribution in [3.8, 4) is 5.88 Å². The van der Waals surface area contributed by atoms with Gasteiger partial charge in [-0.3, -0.25) is 9.36 Å². The molecule has 0 bridgehead atoms. The van der Waals surface area contributed by atoms with Crippen LogP contribution in [0.3, 0.4) is 0 Å². The fraction of sp³-hybridized carbons (Fsp3) is 0.385. The molecule has 0 N–H and O–H groups in total. The Bertz CT molecular complexity index is 1410. The summed E-state index contributed by atoms with van der Waals surface area (Å²) in [7, 11) is 3.44. The highest BCUT2D eigenvalue weighted by atomic mass is 16.5. The van der Waals surface area contributed by atoms with E-state index in [1.807, 2.05) is 67.4 Å². The van der Waals surface area contributed by atoms with Crippen LogP contribution in [0, 0.1) is 0 Å². The van der Waals surface area contributed by atoms with E-state index < -0.39 is 0 Å². The second-order valence-corrected chi connectivity index (χ2v) is 8.96. The zero-order valence-electron chi connectivity index (χ0n) is 20.3. The quantitative estimate of drug-likeness (QED) is 0.429. The minimum atomic E-state index is -0.0797. The van der Waals surface area contributed by atoms with Gasteiger partial charge in [-0.1, -0.05) is 30.3 Å². The van der Waals surface area contributed by atoms with Crippen LogP contribution in [0.25, 0.3) is 10.9 Å². The fourth-order valence-electron chi connectivity index (χ4n) is 4.99. The molecule has 1 fully saturated rings. The molecule has 0 unspecified atom stereocenters. The van der Waals surface area contributed by atoms with Crippen LogP contribution in [-0.2, 0) is 20.1 Å². The summed E-state index contributed by atoms with van der Waals surface area (Å²) in [6, 6.07) is 15.4. The van der Waals surface area contributed by atoms with Gasteiger partial charge in [0.1, 0.15) is 5.82 Å². The van der Waals surface area contributed by atoms with Crippen molar-refractivity contribution in [2.75, 3.05) is 20.2 Å². The number of likely N-dealkylation sites (tertiary alicyclic amines) is 1. The molecule has 3 heterocycles. The first-order valence-electron chi connectivity index (χ1n) is 12.0. The third-order valence-electron chi connectivity index (χ3n) is 6.81. The lowest BCUT2D eigenvalue weighted by Crippen LogP contribution is -2.38. The predicted octanol–water partition coefficient (Wildman–Crippen LogP) is 3.03. The number of aromatic nitrogens is 5. The number of rotatable bonds is 6. The van der Waals surface area contributed by atoms with Crippen molar-refractivity contribution in [2.45, 2.75) is 38.8 Å². The van der Waals surface area contributed by atoms with Gasteiger partial charge >= 0.3 is 5.69 Å². The molecule has 0 saturated carbocycles. The smallest absolute Gasteiger partial charge is 0.346 e. The molecule has 1 aliphatic rings. The maximum Gasteiger partial charge on any atom is 0.346 e. The van der Waals surface area contributed by atoms with E-state index >= 15 is 0 Å². The molecule has 0 aliphatic carbocycles. The summed E-state index contributed by atoms with van der Waals surface area (Å²) in [6.07, 6.45) is 1.54. The normalized spacial score (nSPS) is 14.5. The number of benzene rings is 2. The fourth-order valence-corrected chi connectivity index (χ4v) is 4.99. The summed E-state index contributed by atoms with van der Waals surface area (Å²) >= 11 is 0. The van der Waals surface area contributed by atoms with Gasteiger partial charge in [-0.2, -0.15) is 10.2 Å². The second-order valence-electron chi connectivity index (χ2n) is 8.96. The Morgan fingerprint density at radius 2 is 1.83 bits per heavy atom. The van der Waals surface area contributed by atoms with E-state index in [4.69, 9.17) is 9.84 Å². The summed E-state index contributed by atoms with van der Waals surface area (Å²) in [5, 5.41) is 10.1. The van der Waals surface area contributed by atoms with Gasteiger partial charge in [0.25, 0.3) is 5.91 Å². The van der Waals surface area contributed by atoms with Gasteiger partial charge in [0.2, 0.25) is 5.88 Å². The summed E-state index contributed by atoms with van der Waals surface area (Å²) < 4.78 is 10.4. The number of ether oxygens (including phenoxy) is 1. The molecular formula is C26H30N6O3. The van der Waals surface area contributed by atoms with Gasteiger partial charge in [0.15, 0.2) is 0 Å². The van der Waals surface area contributed by atoms with Crippen LogP contribution in [-0.4, -0.2) is 55.1 Å². The van der Waals surface area contributed by atoms with Gasteiger partial charge in [0.05, 0.1) is 24.6 Å². The number of fused-ring (bicyclic) bond motifs is 1. The molecule has 182 valence electrons. The van der Waals surface area contributed by atoms with E-state index in [1.54, 1.807) is 21.0 Å². The number of hydrogen-bond acceptors (Lipinski definition) is 5. The summed E-state index contributed by atoms with van der Waals surface area (Å²) in [5.41, 5.74) is 2.32. The van der Waals surface area contributed by atoms with Crippen LogP contribution in [0.15, 0.2) is 53.3 Å². The van der Waals surface area contributed by atoms with Crippen molar-refractivity contribution in [2.24, 2.45) is 7.05 Å². The molecule has 5 rings (SSSR count). The standard InChI is InChI=1S/C26H30N6O3/c1-4-31-23(28-32(26(31)34)17-18-8-6-5-7-9-18)19-12-14-30(15-13-19)24(33)20-10-11-21-22(16-20)27-29(2)25(21)35-3/h5-11,16,19H,4,12-15,17H2,1-3H3. The van der Waals surface area contributed by atoms with E-state index in [0.717, 1.165) is 35.1 Å². The van der Waals surface area contributed by atoms with Crippen LogP contribution in [0.4, 0.5) is 0 Å². The first-order valence-corrected chi connectivity index (χ1v) is 12.0. The molecule has 4 aromatic rings. The lowest BCUT2D eigenvalue weighted by molar-refractivity contribution is 0.0710. The van der Waals surface area contributed by atoms with Crippen molar-refractivity contribution in [3.63, 3.8) is 0 Å². The van der Waals surface area contributed by atoms with Crippen molar-refractivity contribution in [1.29, 1.82) is 0 Å². The molecule has 1 aliphatic heterocycles. The van der Waals surface area contributed by atoms with Gasteiger partial charge < -0.3 is 9.64 Å². The SMILES string of the molecule is CCn1c(C2CCN(C(=O)c3ccc4c(OC)n(C)nc4c3)CC2)nn(Cc2ccccc2)c1=O. The molecule has 9 heteroatoms. The van der Waals surface area contributed by atoms with Crippen LogP contribution in [0.1, 0.15) is 47.4 Å². The zero-order chi connectivity index (χ0) is 24.5. The summed E-state index contributed by atoms with van der Waals surface area (Å²) in [6.45, 7) is 4.25. The van der Waals surface area contributed by atoms with E-state index in [9.17, 15) is 9.59 Å². The van der Waals surface area contributed by atoms with Crippen LogP contribution >= 0.6 is 0 Å². The highest BCUT2D eigenvalue weighted by Gasteiger charge is 2.29. The Kier molecular flexibility index (Phi) is 6.15. The molecular weight excluding hydrogens is 444 g/mol. The number of amides is 1. The molecule has 9 nitrogen and oxygen atoms in total. The maximum atomic E-state index is 13.2. The Morgan fingerprint density at radius 1 is 1.09 bits per heavy atom. The van der Waals surface area contributed by atoms with E-state index in [0.29, 0.717) is 37.6 Å². The highest BCUT2D eigenvalue weighted by Crippen LogP contribution is 2.29. The van der Waals surface area contributed by atoms with Crippen LogP contribution < -0.4 is 10.4 Å². The lowest BCUT2D eigenvalue weighted by Gasteiger charge is -2.31. The first kappa shape index (κ1) is 22.9. The highest BCUT2D eigenvalue weighted by molar-refractivity contribution is 5.98. The minimum Gasteiger partial charge on any atom is -0.481 e. The van der Waals surface area contributed by atoms with E-state index in [2.05, 4.69) is 5.10 Å². The van der Waals surface area contributed by atoms with Gasteiger partial charge in [-0.05, 0) is 43.5 Å². The lowest BCUT2D eigenvalue weighted by atomic mass is 9.95. The number of aryl methyl sites for hydroxylation is 1. The zero-order valence-corrected chi connectivity index (χ0v) is 20.3. The monoisotopic (exact) mass is 474 g/mol. The molecule has 2 aromatic heterocycles. The summed E-state index contributed by atoms with van der Waals surface area (Å²) in [4.78, 5) is 28.1. The first-order chi connectivity index (χ1) is 17.0. The molecule has 0 atom stereocenters. The van der Waals surface area contributed by atoms with Gasteiger partial charge in [-0.25, -0.2) is 14.2 Å². The number of nitrogens with zero attached hydrogens (tertiary/aromatic N) is 6. The number of piperidine rings is 1. The average molecular weight is 475 g/mol. The van der Waals surface area contributed by atoms with Crippen molar-refractivity contribution in [3.05, 3.63) is 76.0 Å². The van der Waals surface area contributed by atoms with Crippen molar-refractivity contribution >= 4 is 16.8 Å². The Labute approximate surface area is 203 Å². The van der Waals surface area contributed by atoms with Gasteiger partial charge in [-0.15, -0.1) is 0 Å². The van der Waals surface area contributed by atoms with E-state index in [1.165, 1.54) is 0 Å². The second kappa shape index (κ2) is 9.40. The average Bonchev–Trinajstić information content (AvgIpc) is 3.38. The molecule has 1 saturated heterocycles.